The maximum absolute atomic E-state index is 12.2. The number of carbonyl (C=O) groups excluding carboxylic acids is 1. The third-order valence-electron chi connectivity index (χ3n) is 3.80. The Kier molecular flexibility index (Phi) is 7.03. The molecule has 4 heteroatoms. The molecule has 1 N–H and O–H groups in total. The Morgan fingerprint density at radius 2 is 2.05 bits per heavy atom. The number of piperazine rings is 1. The molecule has 1 aliphatic rings. The van der Waals surface area contributed by atoms with Crippen molar-refractivity contribution in [3.05, 3.63) is 35.4 Å². The van der Waals surface area contributed by atoms with Crippen LogP contribution < -0.4 is 5.32 Å². The van der Waals surface area contributed by atoms with E-state index in [1.165, 1.54) is 11.1 Å². The lowest BCUT2D eigenvalue weighted by atomic mass is 10.1. The molecule has 0 aliphatic carbocycles. The van der Waals surface area contributed by atoms with Crippen molar-refractivity contribution in [1.82, 2.24) is 10.2 Å². The predicted molar refractivity (Wildman–Crippen MR) is 85.4 cm³/mol. The molecule has 1 amide bonds. The van der Waals surface area contributed by atoms with Crippen molar-refractivity contribution >= 4 is 18.3 Å². The fourth-order valence-electron chi connectivity index (χ4n) is 2.55. The standard InChI is InChI=1S/C16H24N2O.ClH/c1-13-6-8-15(9-7-13)4-3-5-16(19)18-11-10-17-12-14(18)2;/h6-9,14,17H,3-5,10-12H2,1-2H3;1H. The van der Waals surface area contributed by atoms with Crippen molar-refractivity contribution in [2.24, 2.45) is 0 Å². The third-order valence-corrected chi connectivity index (χ3v) is 3.80. The quantitative estimate of drug-likeness (QED) is 0.926. The molecule has 1 saturated heterocycles. The lowest BCUT2D eigenvalue weighted by Crippen LogP contribution is -2.52. The topological polar surface area (TPSA) is 32.3 Å². The van der Waals surface area contributed by atoms with Crippen LogP contribution in [0.5, 0.6) is 0 Å². The largest absolute Gasteiger partial charge is 0.337 e. The summed E-state index contributed by atoms with van der Waals surface area (Å²) in [5.74, 6) is 0.307. The minimum absolute atomic E-state index is 0. The zero-order valence-corrected chi connectivity index (χ0v) is 13.2. The molecule has 3 nitrogen and oxygen atoms in total. The zero-order valence-electron chi connectivity index (χ0n) is 12.4. The number of hydrogen-bond acceptors (Lipinski definition) is 2. The summed E-state index contributed by atoms with van der Waals surface area (Å²) < 4.78 is 0. The Morgan fingerprint density at radius 3 is 2.70 bits per heavy atom. The maximum atomic E-state index is 12.2. The lowest BCUT2D eigenvalue weighted by Gasteiger charge is -2.34. The molecule has 1 aromatic carbocycles. The van der Waals surface area contributed by atoms with Crippen LogP contribution in [0.25, 0.3) is 0 Å². The van der Waals surface area contributed by atoms with Crippen LogP contribution in [-0.2, 0) is 11.2 Å². The summed E-state index contributed by atoms with van der Waals surface area (Å²) in [6.45, 7) is 6.91. The Balaban J connectivity index is 0.00000200. The van der Waals surface area contributed by atoms with E-state index in [4.69, 9.17) is 0 Å². The van der Waals surface area contributed by atoms with Crippen LogP contribution in [0.1, 0.15) is 30.9 Å². The lowest BCUT2D eigenvalue weighted by molar-refractivity contribution is -0.134. The normalized spacial score (nSPS) is 18.5. The van der Waals surface area contributed by atoms with E-state index in [0.29, 0.717) is 18.4 Å². The second-order valence-electron chi connectivity index (χ2n) is 5.48. The second-order valence-corrected chi connectivity index (χ2v) is 5.48. The van der Waals surface area contributed by atoms with Crippen LogP contribution in [0, 0.1) is 6.92 Å². The monoisotopic (exact) mass is 296 g/mol. The van der Waals surface area contributed by atoms with E-state index in [1.807, 2.05) is 4.90 Å². The smallest absolute Gasteiger partial charge is 0.222 e. The van der Waals surface area contributed by atoms with Crippen LogP contribution in [0.2, 0.25) is 0 Å². The highest BCUT2D eigenvalue weighted by atomic mass is 35.5. The summed E-state index contributed by atoms with van der Waals surface area (Å²) in [5, 5.41) is 3.31. The van der Waals surface area contributed by atoms with Gasteiger partial charge in [-0.05, 0) is 32.3 Å². The van der Waals surface area contributed by atoms with E-state index in [9.17, 15) is 4.79 Å². The number of nitrogens with one attached hydrogen (secondary N) is 1. The Morgan fingerprint density at radius 1 is 1.35 bits per heavy atom. The van der Waals surface area contributed by atoms with Crippen molar-refractivity contribution in [3.63, 3.8) is 0 Å². The van der Waals surface area contributed by atoms with E-state index in [1.54, 1.807) is 0 Å². The highest BCUT2D eigenvalue weighted by Gasteiger charge is 2.22. The fraction of sp³-hybridized carbons (Fsp3) is 0.562. The number of hydrogen-bond donors (Lipinski definition) is 1. The van der Waals surface area contributed by atoms with Gasteiger partial charge in [-0.1, -0.05) is 29.8 Å². The average Bonchev–Trinajstić information content (AvgIpc) is 2.41. The molecule has 1 aliphatic heterocycles. The van der Waals surface area contributed by atoms with Gasteiger partial charge < -0.3 is 10.2 Å². The Bertz CT molecular complexity index is 419. The predicted octanol–water partition coefficient (Wildman–Crippen LogP) is 2.56. The van der Waals surface area contributed by atoms with E-state index in [-0.39, 0.29) is 12.4 Å². The van der Waals surface area contributed by atoms with Gasteiger partial charge in [0.05, 0.1) is 0 Å². The van der Waals surface area contributed by atoms with Gasteiger partial charge in [0.15, 0.2) is 0 Å². The van der Waals surface area contributed by atoms with E-state index < -0.39 is 0 Å². The molecular formula is C16H25ClN2O. The number of aryl methyl sites for hydroxylation is 2. The minimum atomic E-state index is 0. The van der Waals surface area contributed by atoms with Gasteiger partial charge >= 0.3 is 0 Å². The van der Waals surface area contributed by atoms with Gasteiger partial charge in [0.2, 0.25) is 5.91 Å². The van der Waals surface area contributed by atoms with Crippen LogP contribution in [0.4, 0.5) is 0 Å². The molecule has 1 fully saturated rings. The highest BCUT2D eigenvalue weighted by Crippen LogP contribution is 2.10. The summed E-state index contributed by atoms with van der Waals surface area (Å²) in [4.78, 5) is 14.2. The molecular weight excluding hydrogens is 272 g/mol. The number of halogens is 1. The van der Waals surface area contributed by atoms with Crippen molar-refractivity contribution in [2.75, 3.05) is 19.6 Å². The van der Waals surface area contributed by atoms with E-state index in [2.05, 4.69) is 43.4 Å². The van der Waals surface area contributed by atoms with Crippen LogP contribution in [-0.4, -0.2) is 36.5 Å². The Hall–Kier alpha value is -1.06. The number of rotatable bonds is 4. The van der Waals surface area contributed by atoms with Crippen LogP contribution >= 0.6 is 12.4 Å². The summed E-state index contributed by atoms with van der Waals surface area (Å²) in [6.07, 6.45) is 2.60. The number of carbonyl (C=O) groups is 1. The zero-order chi connectivity index (χ0) is 13.7. The number of amides is 1. The molecule has 0 bridgehead atoms. The number of nitrogens with zero attached hydrogens (tertiary/aromatic N) is 1. The molecule has 0 aromatic heterocycles. The molecule has 1 atom stereocenters. The highest BCUT2D eigenvalue weighted by molar-refractivity contribution is 5.85. The number of benzene rings is 1. The van der Waals surface area contributed by atoms with Gasteiger partial charge in [-0.2, -0.15) is 0 Å². The molecule has 1 heterocycles. The molecule has 0 saturated carbocycles. The first-order valence-electron chi connectivity index (χ1n) is 7.22. The summed E-state index contributed by atoms with van der Waals surface area (Å²) in [5.41, 5.74) is 2.61. The third kappa shape index (κ3) is 4.80. The van der Waals surface area contributed by atoms with Crippen molar-refractivity contribution in [1.29, 1.82) is 0 Å². The second kappa shape index (κ2) is 8.28. The van der Waals surface area contributed by atoms with Gasteiger partial charge in [0, 0.05) is 32.1 Å². The van der Waals surface area contributed by atoms with Crippen molar-refractivity contribution in [3.8, 4) is 0 Å². The van der Waals surface area contributed by atoms with Crippen LogP contribution in [0.15, 0.2) is 24.3 Å². The average molecular weight is 297 g/mol. The van der Waals surface area contributed by atoms with Gasteiger partial charge in [-0.25, -0.2) is 0 Å². The summed E-state index contributed by atoms with van der Waals surface area (Å²) in [6, 6.07) is 8.92. The molecule has 1 unspecified atom stereocenters. The SMILES string of the molecule is Cc1ccc(CCCC(=O)N2CCNCC2C)cc1.Cl. The van der Waals surface area contributed by atoms with Crippen LogP contribution in [0.3, 0.4) is 0 Å². The molecule has 20 heavy (non-hydrogen) atoms. The molecule has 112 valence electrons. The van der Waals surface area contributed by atoms with Gasteiger partial charge in [0.1, 0.15) is 0 Å². The summed E-state index contributed by atoms with van der Waals surface area (Å²) in [7, 11) is 0. The Labute approximate surface area is 128 Å². The van der Waals surface area contributed by atoms with E-state index in [0.717, 1.165) is 32.5 Å². The first-order valence-corrected chi connectivity index (χ1v) is 7.22. The molecule has 1 aromatic rings. The molecule has 0 radical (unpaired) electrons. The minimum Gasteiger partial charge on any atom is -0.337 e. The first kappa shape index (κ1) is 17.0. The van der Waals surface area contributed by atoms with Crippen molar-refractivity contribution in [2.45, 2.75) is 39.2 Å². The van der Waals surface area contributed by atoms with Gasteiger partial charge in [-0.3, -0.25) is 4.79 Å². The molecule has 2 rings (SSSR count). The van der Waals surface area contributed by atoms with Crippen molar-refractivity contribution < 1.29 is 4.79 Å². The fourth-order valence-corrected chi connectivity index (χ4v) is 2.55. The van der Waals surface area contributed by atoms with Gasteiger partial charge in [0.25, 0.3) is 0 Å². The molecule has 0 spiro atoms. The van der Waals surface area contributed by atoms with Gasteiger partial charge in [-0.15, -0.1) is 12.4 Å². The first-order chi connectivity index (χ1) is 9.16. The maximum Gasteiger partial charge on any atom is 0.222 e. The summed E-state index contributed by atoms with van der Waals surface area (Å²) >= 11 is 0. The van der Waals surface area contributed by atoms with E-state index >= 15 is 0 Å².